The number of rotatable bonds is 3. The molecule has 4 aromatic carbocycles. The van der Waals surface area contributed by atoms with Crippen LogP contribution in [-0.2, 0) is 0 Å². The summed E-state index contributed by atoms with van der Waals surface area (Å²) in [5.41, 5.74) is 8.76. The molecule has 0 aliphatic carbocycles. The lowest BCUT2D eigenvalue weighted by molar-refractivity contribution is 0.629. The molecule has 0 unspecified atom stereocenters. The van der Waals surface area contributed by atoms with Crippen molar-refractivity contribution in [3.8, 4) is 33.8 Å². The van der Waals surface area contributed by atoms with Gasteiger partial charge >= 0.3 is 0 Å². The number of aryl methyl sites for hydroxylation is 2. The highest BCUT2D eigenvalue weighted by Gasteiger charge is 2.13. The summed E-state index contributed by atoms with van der Waals surface area (Å²) in [7, 11) is 0. The number of para-hydroxylation sites is 2. The SMILES string of the molecule is CC.CC.CC.CC.Cc1c(-c2ccc(-c3ccc(-c4oc5ccccc5c4C)cc3)cc2)oc2ccccc12. The average molecular weight is 535 g/mol. The summed E-state index contributed by atoms with van der Waals surface area (Å²) in [4.78, 5) is 0. The van der Waals surface area contributed by atoms with Crippen molar-refractivity contribution in [2.45, 2.75) is 69.2 Å². The van der Waals surface area contributed by atoms with E-state index in [2.05, 4.69) is 74.5 Å². The first-order chi connectivity index (χ1) is 19.7. The zero-order chi connectivity index (χ0) is 29.7. The third-order valence-electron chi connectivity index (χ3n) is 6.31. The number of hydrogen-bond acceptors (Lipinski definition) is 2. The fourth-order valence-corrected chi connectivity index (χ4v) is 4.53. The second-order valence-corrected chi connectivity index (χ2v) is 8.26. The first kappa shape index (κ1) is 32.2. The molecule has 210 valence electrons. The summed E-state index contributed by atoms with van der Waals surface area (Å²) < 4.78 is 12.2. The highest BCUT2D eigenvalue weighted by Crippen LogP contribution is 2.36. The number of benzene rings is 4. The number of furan rings is 2. The van der Waals surface area contributed by atoms with Gasteiger partial charge in [0, 0.05) is 33.0 Å². The maximum absolute atomic E-state index is 6.12. The molecule has 0 aliphatic heterocycles. The van der Waals surface area contributed by atoms with E-state index in [4.69, 9.17) is 8.83 Å². The second kappa shape index (κ2) is 16.2. The minimum atomic E-state index is 0.931. The summed E-state index contributed by atoms with van der Waals surface area (Å²) in [6, 6.07) is 33.5. The Labute approximate surface area is 241 Å². The Hall–Kier alpha value is -4.04. The van der Waals surface area contributed by atoms with Crippen LogP contribution in [0, 0.1) is 13.8 Å². The minimum Gasteiger partial charge on any atom is -0.456 e. The Morgan fingerprint density at radius 3 is 0.925 bits per heavy atom. The Morgan fingerprint density at radius 1 is 0.350 bits per heavy atom. The number of fused-ring (bicyclic) bond motifs is 2. The molecule has 0 aliphatic rings. The fraction of sp³-hybridized carbons (Fsp3) is 0.263. The Balaban J connectivity index is 0.000000646. The molecule has 2 heterocycles. The van der Waals surface area contributed by atoms with Gasteiger partial charge in [-0.3, -0.25) is 0 Å². The quantitative estimate of drug-likeness (QED) is 0.226. The van der Waals surface area contributed by atoms with Crippen molar-refractivity contribution >= 4 is 21.9 Å². The maximum atomic E-state index is 6.12. The van der Waals surface area contributed by atoms with Gasteiger partial charge in [0.15, 0.2) is 0 Å². The van der Waals surface area contributed by atoms with E-state index in [1.54, 1.807) is 0 Å². The molecule has 0 bridgehead atoms. The van der Waals surface area contributed by atoms with Gasteiger partial charge in [-0.1, -0.05) is 140 Å². The summed E-state index contributed by atoms with van der Waals surface area (Å²) >= 11 is 0. The van der Waals surface area contributed by atoms with E-state index in [1.807, 2.05) is 91.8 Å². The van der Waals surface area contributed by atoms with Gasteiger partial charge in [-0.15, -0.1) is 0 Å². The van der Waals surface area contributed by atoms with E-state index in [9.17, 15) is 0 Å². The van der Waals surface area contributed by atoms with Crippen molar-refractivity contribution in [1.82, 2.24) is 0 Å². The van der Waals surface area contributed by atoms with E-state index in [0.717, 1.165) is 33.8 Å². The molecule has 6 rings (SSSR count). The molecule has 0 saturated carbocycles. The Bertz CT molecular complexity index is 1440. The summed E-state index contributed by atoms with van der Waals surface area (Å²) in [6.07, 6.45) is 0. The first-order valence-corrected chi connectivity index (χ1v) is 14.9. The monoisotopic (exact) mass is 534 g/mol. The molecule has 40 heavy (non-hydrogen) atoms. The van der Waals surface area contributed by atoms with E-state index < -0.39 is 0 Å². The van der Waals surface area contributed by atoms with Crippen LogP contribution in [-0.4, -0.2) is 0 Å². The van der Waals surface area contributed by atoms with Gasteiger partial charge in [0.2, 0.25) is 0 Å². The third-order valence-corrected chi connectivity index (χ3v) is 6.31. The van der Waals surface area contributed by atoms with Crippen LogP contribution in [0.15, 0.2) is 106 Å². The van der Waals surface area contributed by atoms with Gasteiger partial charge < -0.3 is 8.83 Å². The van der Waals surface area contributed by atoms with Crippen molar-refractivity contribution in [2.75, 3.05) is 0 Å². The molecule has 0 spiro atoms. The van der Waals surface area contributed by atoms with Crippen LogP contribution in [0.3, 0.4) is 0 Å². The first-order valence-electron chi connectivity index (χ1n) is 14.9. The van der Waals surface area contributed by atoms with Crippen LogP contribution in [0.4, 0.5) is 0 Å². The molecule has 2 heteroatoms. The van der Waals surface area contributed by atoms with Gasteiger partial charge in [-0.05, 0) is 37.1 Å². The molecule has 2 nitrogen and oxygen atoms in total. The van der Waals surface area contributed by atoms with Gasteiger partial charge in [0.05, 0.1) is 0 Å². The Morgan fingerprint density at radius 2 is 0.625 bits per heavy atom. The van der Waals surface area contributed by atoms with E-state index in [0.29, 0.717) is 0 Å². The third kappa shape index (κ3) is 6.74. The highest BCUT2D eigenvalue weighted by atomic mass is 16.3. The lowest BCUT2D eigenvalue weighted by Crippen LogP contribution is -1.82. The maximum Gasteiger partial charge on any atom is 0.138 e. The van der Waals surface area contributed by atoms with Crippen molar-refractivity contribution in [3.63, 3.8) is 0 Å². The van der Waals surface area contributed by atoms with Crippen molar-refractivity contribution < 1.29 is 8.83 Å². The molecule has 0 saturated heterocycles. The number of hydrogen-bond donors (Lipinski definition) is 0. The molecule has 0 radical (unpaired) electrons. The Kier molecular flexibility index (Phi) is 13.0. The molecule has 0 atom stereocenters. The molecule has 0 fully saturated rings. The lowest BCUT2D eigenvalue weighted by atomic mass is 9.99. The standard InChI is InChI=1S/C30H22O2.4C2H6/c1-19-25-7-3-5-9-27(25)31-29(19)23-15-11-21(12-16-23)22-13-17-24(18-14-22)30-20(2)26-8-4-6-10-28(26)32-30;4*1-2/h3-18H,1-2H3;4*1-2H3. The molecule has 2 aromatic heterocycles. The fourth-order valence-electron chi connectivity index (χ4n) is 4.53. The lowest BCUT2D eigenvalue weighted by Gasteiger charge is -2.06. The summed E-state index contributed by atoms with van der Waals surface area (Å²) in [5, 5.41) is 2.34. The van der Waals surface area contributed by atoms with Crippen LogP contribution < -0.4 is 0 Å². The smallest absolute Gasteiger partial charge is 0.138 e. The van der Waals surface area contributed by atoms with Gasteiger partial charge in [0.25, 0.3) is 0 Å². The second-order valence-electron chi connectivity index (χ2n) is 8.26. The molecule has 0 N–H and O–H groups in total. The summed E-state index contributed by atoms with van der Waals surface area (Å²) in [6.45, 7) is 20.2. The molecular weight excluding hydrogens is 488 g/mol. The van der Waals surface area contributed by atoms with Crippen molar-refractivity contribution in [2.24, 2.45) is 0 Å². The van der Waals surface area contributed by atoms with Crippen molar-refractivity contribution in [1.29, 1.82) is 0 Å². The van der Waals surface area contributed by atoms with Crippen LogP contribution >= 0.6 is 0 Å². The average Bonchev–Trinajstić information content (AvgIpc) is 3.58. The van der Waals surface area contributed by atoms with Crippen LogP contribution in [0.25, 0.3) is 55.7 Å². The predicted molar refractivity (Wildman–Crippen MR) is 177 cm³/mol. The van der Waals surface area contributed by atoms with Crippen LogP contribution in [0.2, 0.25) is 0 Å². The zero-order valence-electron chi connectivity index (χ0n) is 26.1. The predicted octanol–water partition coefficient (Wildman–Crippen LogP) is 12.9. The van der Waals surface area contributed by atoms with Crippen molar-refractivity contribution in [3.05, 3.63) is 108 Å². The van der Waals surface area contributed by atoms with Crippen LogP contribution in [0.5, 0.6) is 0 Å². The molecular formula is C38H46O2. The van der Waals surface area contributed by atoms with E-state index in [1.165, 1.54) is 33.0 Å². The van der Waals surface area contributed by atoms with E-state index >= 15 is 0 Å². The van der Waals surface area contributed by atoms with E-state index in [-0.39, 0.29) is 0 Å². The van der Waals surface area contributed by atoms with Crippen LogP contribution in [0.1, 0.15) is 66.5 Å². The normalized spacial score (nSPS) is 9.75. The topological polar surface area (TPSA) is 26.3 Å². The molecule has 6 aromatic rings. The van der Waals surface area contributed by atoms with Gasteiger partial charge in [0.1, 0.15) is 22.7 Å². The van der Waals surface area contributed by atoms with Gasteiger partial charge in [-0.2, -0.15) is 0 Å². The largest absolute Gasteiger partial charge is 0.456 e. The van der Waals surface area contributed by atoms with Gasteiger partial charge in [-0.25, -0.2) is 0 Å². The highest BCUT2D eigenvalue weighted by molar-refractivity contribution is 5.89. The zero-order valence-corrected chi connectivity index (χ0v) is 26.1. The molecule has 0 amide bonds. The minimum absolute atomic E-state index is 0.931. The summed E-state index contributed by atoms with van der Waals surface area (Å²) in [5.74, 6) is 1.88.